The van der Waals surface area contributed by atoms with Gasteiger partial charge in [-0.05, 0) is 37.3 Å². The fourth-order valence-electron chi connectivity index (χ4n) is 4.04. The molecule has 0 bridgehead atoms. The summed E-state index contributed by atoms with van der Waals surface area (Å²) in [6, 6.07) is 5.17. The van der Waals surface area contributed by atoms with E-state index in [-0.39, 0.29) is 23.6 Å². The number of carboxylic acids is 1. The number of carbonyl (C=O) groups excluding carboxylic acids is 3. The summed E-state index contributed by atoms with van der Waals surface area (Å²) in [4.78, 5) is 51.6. The van der Waals surface area contributed by atoms with E-state index in [1.54, 1.807) is 31.2 Å². The van der Waals surface area contributed by atoms with E-state index in [2.05, 4.69) is 5.43 Å². The molecule has 3 unspecified atom stereocenters. The molecule has 28 heavy (non-hydrogen) atoms. The lowest BCUT2D eigenvalue weighted by molar-refractivity contribution is -0.146. The lowest BCUT2D eigenvalue weighted by atomic mass is 9.94. The first-order valence-corrected chi connectivity index (χ1v) is 9.62. The third kappa shape index (κ3) is 3.52. The molecular formula is C20H25N3O5. The molecular weight excluding hydrogens is 362 g/mol. The average Bonchev–Trinajstić information content (AvgIpc) is 2.93. The topological polar surface area (TPSA) is 107 Å². The molecule has 1 aromatic rings. The van der Waals surface area contributed by atoms with Gasteiger partial charge in [-0.3, -0.25) is 29.1 Å². The highest BCUT2D eigenvalue weighted by molar-refractivity contribution is 6.22. The lowest BCUT2D eigenvalue weighted by Gasteiger charge is -2.40. The molecule has 8 nitrogen and oxygen atoms in total. The van der Waals surface area contributed by atoms with Crippen molar-refractivity contribution in [2.75, 3.05) is 6.54 Å². The van der Waals surface area contributed by atoms with Crippen LogP contribution in [-0.2, 0) is 9.59 Å². The summed E-state index contributed by atoms with van der Waals surface area (Å²) < 4.78 is 0. The SMILES string of the molecule is CCC1CCCNN1C(=O)C(C(C)CC(=O)O)N1C(=O)c2ccccc2C1=O. The van der Waals surface area contributed by atoms with Crippen LogP contribution in [0, 0.1) is 5.92 Å². The number of rotatable bonds is 6. The molecule has 150 valence electrons. The van der Waals surface area contributed by atoms with E-state index in [0.29, 0.717) is 6.54 Å². The highest BCUT2D eigenvalue weighted by Gasteiger charge is 2.47. The minimum Gasteiger partial charge on any atom is -0.481 e. The molecule has 3 amide bonds. The molecule has 0 aliphatic carbocycles. The first-order valence-electron chi connectivity index (χ1n) is 9.62. The first kappa shape index (κ1) is 20.0. The van der Waals surface area contributed by atoms with E-state index in [9.17, 15) is 24.3 Å². The van der Waals surface area contributed by atoms with E-state index in [1.165, 1.54) is 5.01 Å². The Morgan fingerprint density at radius 1 is 1.21 bits per heavy atom. The summed E-state index contributed by atoms with van der Waals surface area (Å²) in [6.45, 7) is 4.17. The number of hydrogen-bond acceptors (Lipinski definition) is 5. The van der Waals surface area contributed by atoms with Crippen LogP contribution < -0.4 is 5.43 Å². The van der Waals surface area contributed by atoms with Crippen LogP contribution in [0.4, 0.5) is 0 Å². The van der Waals surface area contributed by atoms with Gasteiger partial charge in [-0.25, -0.2) is 5.43 Å². The summed E-state index contributed by atoms with van der Waals surface area (Å²) in [7, 11) is 0. The highest BCUT2D eigenvalue weighted by atomic mass is 16.4. The Labute approximate surface area is 163 Å². The Balaban J connectivity index is 1.98. The van der Waals surface area contributed by atoms with Gasteiger partial charge in [0.25, 0.3) is 17.7 Å². The van der Waals surface area contributed by atoms with Crippen molar-refractivity contribution in [2.24, 2.45) is 5.92 Å². The van der Waals surface area contributed by atoms with Gasteiger partial charge in [-0.15, -0.1) is 0 Å². The number of benzene rings is 1. The van der Waals surface area contributed by atoms with Crippen LogP contribution in [0.3, 0.4) is 0 Å². The number of hydrogen-bond donors (Lipinski definition) is 2. The minimum absolute atomic E-state index is 0.0593. The maximum atomic E-state index is 13.4. The monoisotopic (exact) mass is 387 g/mol. The third-order valence-electron chi connectivity index (χ3n) is 5.46. The molecule has 8 heteroatoms. The Morgan fingerprint density at radius 3 is 2.36 bits per heavy atom. The average molecular weight is 387 g/mol. The van der Waals surface area contributed by atoms with Gasteiger partial charge in [0.2, 0.25) is 0 Å². The van der Waals surface area contributed by atoms with Gasteiger partial charge < -0.3 is 5.11 Å². The van der Waals surface area contributed by atoms with E-state index < -0.39 is 35.7 Å². The van der Waals surface area contributed by atoms with Crippen LogP contribution >= 0.6 is 0 Å². The van der Waals surface area contributed by atoms with Crippen molar-refractivity contribution >= 4 is 23.7 Å². The van der Waals surface area contributed by atoms with Crippen molar-refractivity contribution in [3.8, 4) is 0 Å². The molecule has 2 aliphatic rings. The van der Waals surface area contributed by atoms with Gasteiger partial charge in [0.05, 0.1) is 17.5 Å². The molecule has 1 aromatic carbocycles. The van der Waals surface area contributed by atoms with Crippen LogP contribution in [0.2, 0.25) is 0 Å². The Kier molecular flexibility index (Phi) is 5.79. The molecule has 0 saturated carbocycles. The fraction of sp³-hybridized carbons (Fsp3) is 0.500. The van der Waals surface area contributed by atoms with E-state index in [1.807, 2.05) is 6.92 Å². The molecule has 0 aromatic heterocycles. The smallest absolute Gasteiger partial charge is 0.303 e. The summed E-state index contributed by atoms with van der Waals surface area (Å²) in [5.74, 6) is -3.36. The van der Waals surface area contributed by atoms with E-state index in [0.717, 1.165) is 24.2 Å². The first-order chi connectivity index (χ1) is 13.4. The number of imide groups is 1. The van der Waals surface area contributed by atoms with Gasteiger partial charge in [-0.1, -0.05) is 26.0 Å². The molecule has 2 aliphatic heterocycles. The van der Waals surface area contributed by atoms with E-state index >= 15 is 0 Å². The molecule has 3 atom stereocenters. The van der Waals surface area contributed by atoms with Gasteiger partial charge >= 0.3 is 5.97 Å². The van der Waals surface area contributed by atoms with Crippen molar-refractivity contribution in [3.63, 3.8) is 0 Å². The predicted molar refractivity (Wildman–Crippen MR) is 100 cm³/mol. The number of hydrazine groups is 1. The number of nitrogens with one attached hydrogen (secondary N) is 1. The van der Waals surface area contributed by atoms with E-state index in [4.69, 9.17) is 0 Å². The second-order valence-electron chi connectivity index (χ2n) is 7.37. The van der Waals surface area contributed by atoms with Crippen LogP contribution in [-0.4, -0.2) is 57.3 Å². The minimum atomic E-state index is -1.18. The highest BCUT2D eigenvalue weighted by Crippen LogP contribution is 2.30. The van der Waals surface area contributed by atoms with Crippen molar-refractivity contribution in [2.45, 2.75) is 51.6 Å². The summed E-state index contributed by atoms with van der Waals surface area (Å²) in [5.41, 5.74) is 3.55. The molecule has 3 rings (SSSR count). The maximum absolute atomic E-state index is 13.4. The molecule has 2 heterocycles. The van der Waals surface area contributed by atoms with Crippen molar-refractivity contribution < 1.29 is 24.3 Å². The number of nitrogens with zero attached hydrogens (tertiary/aromatic N) is 2. The molecule has 2 N–H and O–H groups in total. The predicted octanol–water partition coefficient (Wildman–Crippen LogP) is 1.67. The number of fused-ring (bicyclic) bond motifs is 1. The number of amides is 3. The molecule has 1 fully saturated rings. The second kappa shape index (κ2) is 8.10. The zero-order chi connectivity index (χ0) is 20.4. The van der Waals surface area contributed by atoms with Gasteiger partial charge in [0, 0.05) is 12.6 Å². The Bertz CT molecular complexity index is 774. The number of carboxylic acid groups (broad SMARTS) is 1. The summed E-state index contributed by atoms with van der Waals surface area (Å²) in [5, 5.41) is 10.7. The molecule has 1 saturated heterocycles. The van der Waals surface area contributed by atoms with Crippen LogP contribution in [0.25, 0.3) is 0 Å². The number of aliphatic carboxylic acids is 1. The maximum Gasteiger partial charge on any atom is 0.303 e. The van der Waals surface area contributed by atoms with Crippen molar-refractivity contribution in [3.05, 3.63) is 35.4 Å². The summed E-state index contributed by atoms with van der Waals surface area (Å²) >= 11 is 0. The third-order valence-corrected chi connectivity index (χ3v) is 5.46. The largest absolute Gasteiger partial charge is 0.481 e. The van der Waals surface area contributed by atoms with Gasteiger partial charge in [0.15, 0.2) is 0 Å². The quantitative estimate of drug-likeness (QED) is 0.719. The standard InChI is InChI=1S/C20H25N3O5/c1-3-13-7-6-10-21-23(13)20(28)17(12(2)11-16(24)25)22-18(26)14-8-4-5-9-15(14)19(22)27/h4-5,8-9,12-13,17,21H,3,6-7,10-11H2,1-2H3,(H,24,25). The number of carbonyl (C=O) groups is 4. The molecule has 0 spiro atoms. The fourth-order valence-corrected chi connectivity index (χ4v) is 4.04. The normalized spacial score (nSPS) is 21.4. The zero-order valence-corrected chi connectivity index (χ0v) is 16.1. The van der Waals surface area contributed by atoms with Crippen LogP contribution in [0.1, 0.15) is 60.2 Å². The second-order valence-corrected chi connectivity index (χ2v) is 7.37. The van der Waals surface area contributed by atoms with Gasteiger partial charge in [0.1, 0.15) is 6.04 Å². The lowest BCUT2D eigenvalue weighted by Crippen LogP contribution is -2.61. The van der Waals surface area contributed by atoms with Crippen molar-refractivity contribution in [1.82, 2.24) is 15.3 Å². The van der Waals surface area contributed by atoms with Gasteiger partial charge in [-0.2, -0.15) is 0 Å². The zero-order valence-electron chi connectivity index (χ0n) is 16.1. The van der Waals surface area contributed by atoms with Crippen LogP contribution in [0.15, 0.2) is 24.3 Å². The molecule has 0 radical (unpaired) electrons. The Morgan fingerprint density at radius 2 is 1.82 bits per heavy atom. The summed E-state index contributed by atoms with van der Waals surface area (Å²) in [6.07, 6.45) is 2.14. The van der Waals surface area contributed by atoms with Crippen molar-refractivity contribution in [1.29, 1.82) is 0 Å². The van der Waals surface area contributed by atoms with Crippen LogP contribution in [0.5, 0.6) is 0 Å². The Hall–Kier alpha value is -2.74.